The van der Waals surface area contributed by atoms with E-state index in [2.05, 4.69) is 21.2 Å². The second-order valence-corrected chi connectivity index (χ2v) is 5.12. The Bertz CT molecular complexity index is 618. The van der Waals surface area contributed by atoms with Gasteiger partial charge in [-0.15, -0.1) is 12.4 Å². The summed E-state index contributed by atoms with van der Waals surface area (Å²) in [5, 5.41) is 2.83. The average molecular weight is 372 g/mol. The molecule has 112 valence electrons. The number of nitrogens with one attached hydrogen (secondary N) is 1. The van der Waals surface area contributed by atoms with Crippen molar-refractivity contribution in [1.82, 2.24) is 0 Å². The third-order valence-corrected chi connectivity index (χ3v) is 3.35. The van der Waals surface area contributed by atoms with Gasteiger partial charge in [0.05, 0.1) is 12.8 Å². The maximum Gasteiger partial charge on any atom is 0.255 e. The highest BCUT2D eigenvalue weighted by Crippen LogP contribution is 2.28. The molecule has 0 atom stereocenters. The van der Waals surface area contributed by atoms with E-state index >= 15 is 0 Å². The van der Waals surface area contributed by atoms with Crippen LogP contribution in [0.4, 0.5) is 5.69 Å². The number of carbonyl (C=O) groups excluding carboxylic acids is 1. The predicted octanol–water partition coefficient (Wildman–Crippen LogP) is 3.59. The maximum absolute atomic E-state index is 12.2. The number of amides is 1. The molecular formula is C15H16BrClN2O2. The molecule has 2 aromatic rings. The minimum atomic E-state index is -0.190. The molecule has 0 spiro atoms. The highest BCUT2D eigenvalue weighted by molar-refractivity contribution is 9.10. The van der Waals surface area contributed by atoms with Crippen molar-refractivity contribution in [2.75, 3.05) is 12.4 Å². The zero-order valence-corrected chi connectivity index (χ0v) is 13.8. The first-order valence-corrected chi connectivity index (χ1v) is 6.87. The van der Waals surface area contributed by atoms with Crippen molar-refractivity contribution in [1.29, 1.82) is 0 Å². The van der Waals surface area contributed by atoms with Gasteiger partial charge in [-0.2, -0.15) is 0 Å². The van der Waals surface area contributed by atoms with Crippen molar-refractivity contribution < 1.29 is 9.53 Å². The topological polar surface area (TPSA) is 64.3 Å². The van der Waals surface area contributed by atoms with Crippen molar-refractivity contribution in [3.63, 3.8) is 0 Å². The van der Waals surface area contributed by atoms with Crippen LogP contribution in [-0.2, 0) is 6.54 Å². The average Bonchev–Trinajstić information content (AvgIpc) is 2.47. The first-order chi connectivity index (χ1) is 9.63. The van der Waals surface area contributed by atoms with Crippen molar-refractivity contribution in [2.45, 2.75) is 6.54 Å². The minimum Gasteiger partial charge on any atom is -0.495 e. The van der Waals surface area contributed by atoms with Crippen LogP contribution in [0.25, 0.3) is 0 Å². The van der Waals surface area contributed by atoms with Gasteiger partial charge in [0.1, 0.15) is 5.75 Å². The van der Waals surface area contributed by atoms with Crippen LogP contribution in [0.3, 0.4) is 0 Å². The molecule has 4 nitrogen and oxygen atoms in total. The van der Waals surface area contributed by atoms with Gasteiger partial charge in [-0.25, -0.2) is 0 Å². The van der Waals surface area contributed by atoms with E-state index in [4.69, 9.17) is 10.5 Å². The lowest BCUT2D eigenvalue weighted by Crippen LogP contribution is -2.12. The number of carbonyl (C=O) groups is 1. The number of ether oxygens (including phenoxy) is 1. The van der Waals surface area contributed by atoms with Gasteiger partial charge in [-0.05, 0) is 35.9 Å². The summed E-state index contributed by atoms with van der Waals surface area (Å²) in [5.41, 5.74) is 7.71. The van der Waals surface area contributed by atoms with Crippen molar-refractivity contribution in [2.24, 2.45) is 5.73 Å². The second-order valence-electron chi connectivity index (χ2n) is 4.20. The highest BCUT2D eigenvalue weighted by atomic mass is 79.9. The lowest BCUT2D eigenvalue weighted by molar-refractivity contribution is 0.102. The molecule has 0 aliphatic carbocycles. The van der Waals surface area contributed by atoms with Crippen LogP contribution in [0.2, 0.25) is 0 Å². The Labute approximate surface area is 138 Å². The fraction of sp³-hybridized carbons (Fsp3) is 0.133. The summed E-state index contributed by atoms with van der Waals surface area (Å²) >= 11 is 3.37. The van der Waals surface area contributed by atoms with Crippen LogP contribution in [0.1, 0.15) is 15.9 Å². The summed E-state index contributed by atoms with van der Waals surface area (Å²) in [6.07, 6.45) is 0. The molecule has 0 aliphatic heterocycles. The Morgan fingerprint density at radius 1 is 1.24 bits per heavy atom. The van der Waals surface area contributed by atoms with Crippen molar-refractivity contribution in [3.05, 3.63) is 58.1 Å². The van der Waals surface area contributed by atoms with Gasteiger partial charge < -0.3 is 15.8 Å². The fourth-order valence-corrected chi connectivity index (χ4v) is 2.13. The summed E-state index contributed by atoms with van der Waals surface area (Å²) in [5.74, 6) is 0.421. The van der Waals surface area contributed by atoms with Gasteiger partial charge >= 0.3 is 0 Å². The lowest BCUT2D eigenvalue weighted by Gasteiger charge is -2.10. The van der Waals surface area contributed by atoms with Gasteiger partial charge in [-0.3, -0.25) is 4.79 Å². The van der Waals surface area contributed by atoms with Gasteiger partial charge in [-0.1, -0.05) is 28.1 Å². The Balaban J connectivity index is 0.00000220. The van der Waals surface area contributed by atoms with E-state index in [0.29, 0.717) is 23.5 Å². The quantitative estimate of drug-likeness (QED) is 0.863. The molecule has 0 aromatic heterocycles. The lowest BCUT2D eigenvalue weighted by atomic mass is 10.1. The molecule has 21 heavy (non-hydrogen) atoms. The van der Waals surface area contributed by atoms with E-state index in [0.717, 1.165) is 10.0 Å². The number of methoxy groups -OCH3 is 1. The van der Waals surface area contributed by atoms with E-state index in [1.807, 2.05) is 18.2 Å². The molecule has 0 fully saturated rings. The van der Waals surface area contributed by atoms with Crippen molar-refractivity contribution >= 4 is 39.9 Å². The van der Waals surface area contributed by atoms with E-state index in [-0.39, 0.29) is 18.3 Å². The minimum absolute atomic E-state index is 0. The van der Waals surface area contributed by atoms with E-state index in [1.54, 1.807) is 31.4 Å². The van der Waals surface area contributed by atoms with Crippen LogP contribution < -0.4 is 15.8 Å². The summed E-state index contributed by atoms with van der Waals surface area (Å²) in [4.78, 5) is 12.2. The fourth-order valence-electron chi connectivity index (χ4n) is 1.76. The molecule has 2 aromatic carbocycles. The summed E-state index contributed by atoms with van der Waals surface area (Å²) in [6.45, 7) is 0.460. The summed E-state index contributed by atoms with van der Waals surface area (Å²) in [7, 11) is 1.56. The largest absolute Gasteiger partial charge is 0.495 e. The summed E-state index contributed by atoms with van der Waals surface area (Å²) < 4.78 is 6.09. The van der Waals surface area contributed by atoms with Gasteiger partial charge in [0, 0.05) is 16.6 Å². The first kappa shape index (κ1) is 17.5. The van der Waals surface area contributed by atoms with Crippen molar-refractivity contribution in [3.8, 4) is 5.75 Å². The molecule has 1 amide bonds. The smallest absolute Gasteiger partial charge is 0.255 e. The third kappa shape index (κ3) is 4.46. The number of benzene rings is 2. The predicted molar refractivity (Wildman–Crippen MR) is 90.2 cm³/mol. The maximum atomic E-state index is 12.2. The zero-order chi connectivity index (χ0) is 14.5. The molecule has 0 bridgehead atoms. The molecule has 0 aliphatic rings. The van der Waals surface area contributed by atoms with E-state index < -0.39 is 0 Å². The Morgan fingerprint density at radius 2 is 1.90 bits per heavy atom. The van der Waals surface area contributed by atoms with E-state index in [9.17, 15) is 4.79 Å². The van der Waals surface area contributed by atoms with Gasteiger partial charge in [0.15, 0.2) is 0 Å². The normalized spacial score (nSPS) is 9.67. The zero-order valence-electron chi connectivity index (χ0n) is 11.4. The molecule has 0 unspecified atom stereocenters. The van der Waals surface area contributed by atoms with Gasteiger partial charge in [0.25, 0.3) is 5.91 Å². The van der Waals surface area contributed by atoms with Crippen LogP contribution in [-0.4, -0.2) is 13.0 Å². The van der Waals surface area contributed by atoms with Gasteiger partial charge in [0.2, 0.25) is 0 Å². The highest BCUT2D eigenvalue weighted by Gasteiger charge is 2.10. The molecule has 3 N–H and O–H groups in total. The van der Waals surface area contributed by atoms with Crippen LogP contribution in [0.5, 0.6) is 5.75 Å². The third-order valence-electron chi connectivity index (χ3n) is 2.86. The first-order valence-electron chi connectivity index (χ1n) is 6.08. The van der Waals surface area contributed by atoms with Crippen LogP contribution in [0.15, 0.2) is 46.9 Å². The SMILES string of the molecule is COc1ccc(Br)cc1NC(=O)c1ccc(CN)cc1.Cl. The Morgan fingerprint density at radius 3 is 2.48 bits per heavy atom. The number of anilines is 1. The molecular weight excluding hydrogens is 356 g/mol. The monoisotopic (exact) mass is 370 g/mol. The Kier molecular flexibility index (Phi) is 6.68. The second kappa shape index (κ2) is 8.02. The van der Waals surface area contributed by atoms with E-state index in [1.165, 1.54) is 0 Å². The molecule has 2 rings (SSSR count). The number of hydrogen-bond acceptors (Lipinski definition) is 3. The molecule has 0 saturated heterocycles. The number of hydrogen-bond donors (Lipinski definition) is 2. The number of rotatable bonds is 4. The molecule has 0 heterocycles. The standard InChI is InChI=1S/C15H15BrN2O2.ClH/c1-20-14-7-6-12(16)8-13(14)18-15(19)11-4-2-10(9-17)3-5-11;/h2-8H,9,17H2,1H3,(H,18,19);1H. The Hall–Kier alpha value is -1.56. The number of nitrogens with two attached hydrogens (primary N) is 1. The molecule has 6 heteroatoms. The van der Waals surface area contributed by atoms with Crippen LogP contribution in [0, 0.1) is 0 Å². The van der Waals surface area contributed by atoms with Crippen LogP contribution >= 0.6 is 28.3 Å². The summed E-state index contributed by atoms with van der Waals surface area (Å²) in [6, 6.07) is 12.6. The molecule has 0 radical (unpaired) electrons. The molecule has 0 saturated carbocycles. The number of halogens is 2.